The minimum absolute atomic E-state index is 0.570. The number of hydrogen-bond acceptors (Lipinski definition) is 4. The van der Waals surface area contributed by atoms with E-state index < -0.39 is 0 Å². The van der Waals surface area contributed by atoms with Crippen molar-refractivity contribution in [3.63, 3.8) is 0 Å². The van der Waals surface area contributed by atoms with Crippen LogP contribution in [-0.4, -0.2) is 4.98 Å². The molecule has 68 valence electrons. The molecule has 0 unspecified atom stereocenters. The number of nitrogens with zero attached hydrogens (tertiary/aromatic N) is 2. The molecule has 1 N–H and O–H groups in total. The van der Waals surface area contributed by atoms with Gasteiger partial charge in [0.15, 0.2) is 0 Å². The molecule has 3 nitrogen and oxygen atoms in total. The van der Waals surface area contributed by atoms with Crippen molar-refractivity contribution in [1.82, 2.24) is 4.98 Å². The predicted octanol–water partition coefficient (Wildman–Crippen LogP) is 2.76. The maximum atomic E-state index is 8.58. The van der Waals surface area contributed by atoms with Gasteiger partial charge in [-0.25, -0.2) is 4.98 Å². The first kappa shape index (κ1) is 8.73. The molecule has 2 rings (SSSR count). The molecule has 0 saturated heterocycles. The van der Waals surface area contributed by atoms with Crippen LogP contribution in [0.1, 0.15) is 5.56 Å². The lowest BCUT2D eigenvalue weighted by Crippen LogP contribution is -1.91. The summed E-state index contributed by atoms with van der Waals surface area (Å²) in [5.74, 6) is 0.752. The lowest BCUT2D eigenvalue weighted by atomic mass is 10.3. The first-order valence-electron chi connectivity index (χ1n) is 4.04. The van der Waals surface area contributed by atoms with Gasteiger partial charge in [-0.15, -0.1) is 0 Å². The fraction of sp³-hybridized carbons (Fsp3) is 0. The normalized spacial score (nSPS) is 9.36. The second-order valence-electron chi connectivity index (χ2n) is 2.68. The van der Waals surface area contributed by atoms with Crippen LogP contribution in [0.15, 0.2) is 35.2 Å². The molecule has 4 heteroatoms. The van der Waals surface area contributed by atoms with E-state index in [2.05, 4.69) is 10.3 Å². The van der Waals surface area contributed by atoms with Crippen molar-refractivity contribution in [3.05, 3.63) is 40.7 Å². The lowest BCUT2D eigenvalue weighted by Gasteiger charge is -2.01. The number of nitriles is 1. The van der Waals surface area contributed by atoms with E-state index in [0.717, 1.165) is 11.5 Å². The average molecular weight is 201 g/mol. The van der Waals surface area contributed by atoms with E-state index in [4.69, 9.17) is 5.26 Å². The van der Waals surface area contributed by atoms with Crippen LogP contribution >= 0.6 is 11.3 Å². The Labute approximate surface area is 85.7 Å². The molecule has 0 fully saturated rings. The summed E-state index contributed by atoms with van der Waals surface area (Å²) in [7, 11) is 0. The summed E-state index contributed by atoms with van der Waals surface area (Å²) in [6.45, 7) is 0. The van der Waals surface area contributed by atoms with Gasteiger partial charge in [0, 0.05) is 11.6 Å². The van der Waals surface area contributed by atoms with Gasteiger partial charge in [0.1, 0.15) is 11.9 Å². The SMILES string of the molecule is N#Cc1ccc(Nc2ccsc2)nc1. The van der Waals surface area contributed by atoms with Gasteiger partial charge < -0.3 is 5.32 Å². The Balaban J connectivity index is 2.15. The molecule has 2 heterocycles. The highest BCUT2D eigenvalue weighted by Crippen LogP contribution is 2.17. The molecule has 0 bridgehead atoms. The van der Waals surface area contributed by atoms with Gasteiger partial charge in [-0.2, -0.15) is 16.6 Å². The summed E-state index contributed by atoms with van der Waals surface area (Å²) in [6, 6.07) is 7.53. The number of rotatable bonds is 2. The fourth-order valence-corrected chi connectivity index (χ4v) is 1.61. The van der Waals surface area contributed by atoms with Crippen LogP contribution in [-0.2, 0) is 0 Å². The molecular weight excluding hydrogens is 194 g/mol. The number of anilines is 2. The van der Waals surface area contributed by atoms with Gasteiger partial charge >= 0.3 is 0 Å². The van der Waals surface area contributed by atoms with Crippen LogP contribution in [0.25, 0.3) is 0 Å². The second-order valence-corrected chi connectivity index (χ2v) is 3.46. The van der Waals surface area contributed by atoms with Crippen LogP contribution in [0.5, 0.6) is 0 Å². The Bertz CT molecular complexity index is 439. The Hall–Kier alpha value is -1.86. The van der Waals surface area contributed by atoms with Crippen LogP contribution in [0, 0.1) is 11.3 Å². The zero-order valence-electron chi connectivity index (χ0n) is 7.27. The van der Waals surface area contributed by atoms with Gasteiger partial charge in [0.2, 0.25) is 0 Å². The Morgan fingerprint density at radius 3 is 2.86 bits per heavy atom. The zero-order valence-corrected chi connectivity index (χ0v) is 8.08. The van der Waals surface area contributed by atoms with E-state index in [-0.39, 0.29) is 0 Å². The first-order valence-corrected chi connectivity index (χ1v) is 4.98. The molecular formula is C10H7N3S. The summed E-state index contributed by atoms with van der Waals surface area (Å²) in [5, 5.41) is 15.7. The molecule has 0 aliphatic rings. The van der Waals surface area contributed by atoms with Crippen molar-refractivity contribution < 1.29 is 0 Å². The van der Waals surface area contributed by atoms with Crippen molar-refractivity contribution in [1.29, 1.82) is 5.26 Å². The lowest BCUT2D eigenvalue weighted by molar-refractivity contribution is 1.29. The highest BCUT2D eigenvalue weighted by atomic mass is 32.1. The molecule has 0 aliphatic carbocycles. The van der Waals surface area contributed by atoms with E-state index in [1.165, 1.54) is 0 Å². The van der Waals surface area contributed by atoms with Gasteiger partial charge in [0.25, 0.3) is 0 Å². The largest absolute Gasteiger partial charge is 0.340 e. The van der Waals surface area contributed by atoms with E-state index in [1.54, 1.807) is 29.7 Å². The third-order valence-corrected chi connectivity index (χ3v) is 2.37. The molecule has 0 amide bonds. The predicted molar refractivity (Wildman–Crippen MR) is 56.6 cm³/mol. The summed E-state index contributed by atoms with van der Waals surface area (Å²) >= 11 is 1.62. The highest BCUT2D eigenvalue weighted by molar-refractivity contribution is 7.08. The van der Waals surface area contributed by atoms with Crippen LogP contribution < -0.4 is 5.32 Å². The van der Waals surface area contributed by atoms with Crippen LogP contribution in [0.2, 0.25) is 0 Å². The van der Waals surface area contributed by atoms with E-state index in [9.17, 15) is 0 Å². The maximum Gasteiger partial charge on any atom is 0.130 e. The van der Waals surface area contributed by atoms with Crippen molar-refractivity contribution in [2.45, 2.75) is 0 Å². The summed E-state index contributed by atoms with van der Waals surface area (Å²) in [4.78, 5) is 4.10. The average Bonchev–Trinajstić information content (AvgIpc) is 2.72. The highest BCUT2D eigenvalue weighted by Gasteiger charge is 1.96. The molecule has 2 aromatic rings. The van der Waals surface area contributed by atoms with E-state index in [0.29, 0.717) is 5.56 Å². The van der Waals surface area contributed by atoms with Gasteiger partial charge in [-0.05, 0) is 23.6 Å². The molecule has 0 aromatic carbocycles. The smallest absolute Gasteiger partial charge is 0.130 e. The molecule has 0 spiro atoms. The van der Waals surface area contributed by atoms with Crippen LogP contribution in [0.4, 0.5) is 11.5 Å². The summed E-state index contributed by atoms with van der Waals surface area (Å²) < 4.78 is 0. The molecule has 0 radical (unpaired) electrons. The van der Waals surface area contributed by atoms with E-state index >= 15 is 0 Å². The maximum absolute atomic E-state index is 8.58. The van der Waals surface area contributed by atoms with Crippen molar-refractivity contribution in [3.8, 4) is 6.07 Å². The second kappa shape index (κ2) is 3.90. The molecule has 14 heavy (non-hydrogen) atoms. The van der Waals surface area contributed by atoms with Gasteiger partial charge in [-0.3, -0.25) is 0 Å². The minimum Gasteiger partial charge on any atom is -0.340 e. The van der Waals surface area contributed by atoms with Gasteiger partial charge in [-0.1, -0.05) is 0 Å². The number of hydrogen-bond donors (Lipinski definition) is 1. The molecule has 2 aromatic heterocycles. The molecule has 0 saturated carbocycles. The number of nitrogens with one attached hydrogen (secondary N) is 1. The Kier molecular flexibility index (Phi) is 2.43. The van der Waals surface area contributed by atoms with Crippen LogP contribution in [0.3, 0.4) is 0 Å². The standard InChI is InChI=1S/C10H7N3S/c11-5-8-1-2-10(12-6-8)13-9-3-4-14-7-9/h1-4,6-7H,(H,12,13). The monoisotopic (exact) mass is 201 g/mol. The fourth-order valence-electron chi connectivity index (χ4n) is 1.02. The first-order chi connectivity index (χ1) is 6.88. The van der Waals surface area contributed by atoms with Crippen molar-refractivity contribution >= 4 is 22.8 Å². The topological polar surface area (TPSA) is 48.7 Å². The minimum atomic E-state index is 0.570. The zero-order chi connectivity index (χ0) is 9.80. The quantitative estimate of drug-likeness (QED) is 0.812. The van der Waals surface area contributed by atoms with Crippen molar-refractivity contribution in [2.24, 2.45) is 0 Å². The molecule has 0 aliphatic heterocycles. The van der Waals surface area contributed by atoms with Gasteiger partial charge in [0.05, 0.1) is 11.3 Å². The Morgan fingerprint density at radius 2 is 2.29 bits per heavy atom. The molecule has 0 atom stereocenters. The number of thiophene rings is 1. The third kappa shape index (κ3) is 1.90. The number of pyridine rings is 1. The van der Waals surface area contributed by atoms with Crippen molar-refractivity contribution in [2.75, 3.05) is 5.32 Å². The third-order valence-electron chi connectivity index (χ3n) is 1.69. The summed E-state index contributed by atoms with van der Waals surface area (Å²) in [6.07, 6.45) is 1.55. The summed E-state index contributed by atoms with van der Waals surface area (Å²) in [5.41, 5.74) is 1.59. The number of aromatic nitrogens is 1. The van der Waals surface area contributed by atoms with E-state index in [1.807, 2.05) is 22.9 Å². The Morgan fingerprint density at radius 1 is 1.36 bits per heavy atom.